The number of hydrogen-bond acceptors (Lipinski definition) is 2. The van der Waals surface area contributed by atoms with Crippen molar-refractivity contribution in [2.24, 2.45) is 0 Å². The van der Waals surface area contributed by atoms with E-state index in [-0.39, 0.29) is 16.9 Å². The number of hydrogen-bond donors (Lipinski definition) is 2. The van der Waals surface area contributed by atoms with Gasteiger partial charge < -0.3 is 10.3 Å². The number of halogens is 1. The molecule has 0 saturated carbocycles. The first-order valence-corrected chi connectivity index (χ1v) is 5.47. The molecule has 0 saturated heterocycles. The van der Waals surface area contributed by atoms with Gasteiger partial charge in [-0.15, -0.1) is 11.6 Å². The van der Waals surface area contributed by atoms with Crippen molar-refractivity contribution in [3.05, 3.63) is 33.7 Å². The number of carbonyl (C=O) groups is 1. The molecule has 0 bridgehead atoms. The maximum absolute atomic E-state index is 11.8. The summed E-state index contributed by atoms with van der Waals surface area (Å²) in [6.45, 7) is 5.34. The van der Waals surface area contributed by atoms with Gasteiger partial charge in [-0.2, -0.15) is 0 Å². The zero-order valence-electron chi connectivity index (χ0n) is 9.56. The summed E-state index contributed by atoms with van der Waals surface area (Å²) in [6, 6.07) is 1.39. The van der Waals surface area contributed by atoms with Crippen LogP contribution in [-0.4, -0.2) is 22.3 Å². The molecule has 1 rings (SSSR count). The number of carbonyl (C=O) groups excluding carboxylic acids is 1. The van der Waals surface area contributed by atoms with Crippen molar-refractivity contribution in [3.8, 4) is 0 Å². The molecule has 5 heteroatoms. The molecule has 16 heavy (non-hydrogen) atoms. The smallest absolute Gasteiger partial charge is 0.257 e. The predicted octanol–water partition coefficient (Wildman–Crippen LogP) is 1.43. The van der Waals surface area contributed by atoms with Crippen molar-refractivity contribution < 1.29 is 4.79 Å². The second kappa shape index (κ2) is 4.70. The molecule has 88 valence electrons. The van der Waals surface area contributed by atoms with Crippen LogP contribution in [0.1, 0.15) is 29.9 Å². The fourth-order valence-corrected chi connectivity index (χ4v) is 1.23. The number of nitrogens with one attached hydrogen (secondary N) is 2. The number of rotatable bonds is 3. The normalized spacial score (nSPS) is 11.2. The lowest BCUT2D eigenvalue weighted by molar-refractivity contribution is 0.0919. The number of aryl methyl sites for hydroxylation is 1. The Kier molecular flexibility index (Phi) is 3.75. The molecule has 1 heterocycles. The van der Waals surface area contributed by atoms with Crippen LogP contribution in [0.2, 0.25) is 0 Å². The van der Waals surface area contributed by atoms with E-state index < -0.39 is 11.4 Å². The topological polar surface area (TPSA) is 62.0 Å². The zero-order chi connectivity index (χ0) is 12.3. The van der Waals surface area contributed by atoms with Crippen molar-refractivity contribution in [2.45, 2.75) is 26.3 Å². The van der Waals surface area contributed by atoms with E-state index in [0.717, 1.165) is 5.69 Å². The predicted molar refractivity (Wildman–Crippen MR) is 64.1 cm³/mol. The Hall–Kier alpha value is -1.29. The molecule has 0 aliphatic rings. The average Bonchev–Trinajstić information content (AvgIpc) is 2.16. The highest BCUT2D eigenvalue weighted by molar-refractivity contribution is 6.18. The van der Waals surface area contributed by atoms with Crippen LogP contribution in [0.5, 0.6) is 0 Å². The molecule has 0 aliphatic carbocycles. The molecule has 1 amide bonds. The number of amides is 1. The Morgan fingerprint density at radius 1 is 1.56 bits per heavy atom. The monoisotopic (exact) mass is 242 g/mol. The quantitative estimate of drug-likeness (QED) is 0.788. The van der Waals surface area contributed by atoms with Gasteiger partial charge in [0.15, 0.2) is 5.43 Å². The molecule has 0 spiro atoms. The summed E-state index contributed by atoms with van der Waals surface area (Å²) in [5.41, 5.74) is -0.00301. The van der Waals surface area contributed by atoms with Gasteiger partial charge in [-0.25, -0.2) is 0 Å². The molecule has 0 radical (unpaired) electrons. The molecular formula is C11H15ClN2O2. The fraction of sp³-hybridized carbons (Fsp3) is 0.455. The third-order valence-corrected chi connectivity index (χ3v) is 2.76. The highest BCUT2D eigenvalue weighted by Gasteiger charge is 2.21. The van der Waals surface area contributed by atoms with E-state index in [4.69, 9.17) is 11.6 Å². The maximum Gasteiger partial charge on any atom is 0.257 e. The molecule has 2 N–H and O–H groups in total. The van der Waals surface area contributed by atoms with E-state index in [0.29, 0.717) is 0 Å². The minimum absolute atomic E-state index is 0.101. The van der Waals surface area contributed by atoms with E-state index in [1.165, 1.54) is 12.3 Å². The van der Waals surface area contributed by atoms with Crippen LogP contribution in [0.4, 0.5) is 0 Å². The Labute approximate surface area is 99.0 Å². The molecule has 0 atom stereocenters. The van der Waals surface area contributed by atoms with Crippen molar-refractivity contribution in [2.75, 3.05) is 5.88 Å². The third kappa shape index (κ3) is 3.10. The van der Waals surface area contributed by atoms with E-state index in [1.807, 2.05) is 0 Å². The van der Waals surface area contributed by atoms with Gasteiger partial charge in [-0.05, 0) is 20.8 Å². The summed E-state index contributed by atoms with van der Waals surface area (Å²) in [4.78, 5) is 26.1. The van der Waals surface area contributed by atoms with Gasteiger partial charge in [-0.1, -0.05) is 0 Å². The SMILES string of the molecule is Cc1cc(=O)c(C(=O)NC(C)(C)CCl)c[nH]1. The molecule has 4 nitrogen and oxygen atoms in total. The van der Waals surface area contributed by atoms with Gasteiger partial charge in [0.1, 0.15) is 5.56 Å². The largest absolute Gasteiger partial charge is 0.364 e. The van der Waals surface area contributed by atoms with Crippen LogP contribution in [-0.2, 0) is 0 Å². The summed E-state index contributed by atoms with van der Waals surface area (Å²) < 4.78 is 0. The number of aromatic nitrogens is 1. The highest BCUT2D eigenvalue weighted by Crippen LogP contribution is 2.05. The van der Waals surface area contributed by atoms with Crippen LogP contribution in [0.3, 0.4) is 0 Å². The molecule has 0 aliphatic heterocycles. The van der Waals surface area contributed by atoms with E-state index in [9.17, 15) is 9.59 Å². The summed E-state index contributed by atoms with van der Waals surface area (Å²) in [5, 5.41) is 2.69. The Bertz CT molecular complexity index is 452. The summed E-state index contributed by atoms with van der Waals surface area (Å²) >= 11 is 5.69. The minimum Gasteiger partial charge on any atom is -0.364 e. The van der Waals surface area contributed by atoms with Crippen LogP contribution in [0.25, 0.3) is 0 Å². The van der Waals surface area contributed by atoms with E-state index >= 15 is 0 Å². The maximum atomic E-state index is 11.8. The first-order valence-electron chi connectivity index (χ1n) is 4.93. The lowest BCUT2D eigenvalue weighted by Gasteiger charge is -2.22. The van der Waals surface area contributed by atoms with E-state index in [2.05, 4.69) is 10.3 Å². The van der Waals surface area contributed by atoms with Gasteiger partial charge in [0, 0.05) is 29.4 Å². The average molecular weight is 243 g/mol. The number of aromatic amines is 1. The van der Waals surface area contributed by atoms with Gasteiger partial charge in [0.2, 0.25) is 0 Å². The van der Waals surface area contributed by atoms with Crippen molar-refractivity contribution in [3.63, 3.8) is 0 Å². The molecule has 0 fully saturated rings. The molecule has 1 aromatic heterocycles. The summed E-state index contributed by atoms with van der Waals surface area (Å²) in [7, 11) is 0. The summed E-state index contributed by atoms with van der Waals surface area (Å²) in [5.74, 6) is -0.130. The molecule has 0 unspecified atom stereocenters. The third-order valence-electron chi connectivity index (χ3n) is 2.09. The van der Waals surface area contributed by atoms with E-state index in [1.54, 1.807) is 20.8 Å². The Balaban J connectivity index is 2.94. The van der Waals surface area contributed by atoms with Gasteiger partial charge in [-0.3, -0.25) is 9.59 Å². The lowest BCUT2D eigenvalue weighted by Crippen LogP contribution is -2.46. The minimum atomic E-state index is -0.532. The highest BCUT2D eigenvalue weighted by atomic mass is 35.5. The molecule has 1 aromatic rings. The second-order valence-electron chi connectivity index (χ2n) is 4.37. The molecule has 0 aromatic carbocycles. The Morgan fingerprint density at radius 2 is 2.19 bits per heavy atom. The molecular weight excluding hydrogens is 228 g/mol. The number of H-pyrrole nitrogens is 1. The first-order chi connectivity index (χ1) is 7.35. The van der Waals surface area contributed by atoms with Gasteiger partial charge in [0.25, 0.3) is 5.91 Å². The standard InChI is InChI=1S/C11H15ClN2O2/c1-7-4-9(15)8(5-13-7)10(16)14-11(2,3)6-12/h4-5H,6H2,1-3H3,(H,13,15)(H,14,16). The van der Waals surface area contributed by atoms with Crippen LogP contribution in [0, 0.1) is 6.92 Å². The van der Waals surface area contributed by atoms with Gasteiger partial charge >= 0.3 is 0 Å². The number of alkyl halides is 1. The lowest BCUT2D eigenvalue weighted by atomic mass is 10.1. The number of pyridine rings is 1. The van der Waals surface area contributed by atoms with Crippen LogP contribution < -0.4 is 10.7 Å². The van der Waals surface area contributed by atoms with Gasteiger partial charge in [0.05, 0.1) is 0 Å². The van der Waals surface area contributed by atoms with Crippen LogP contribution in [0.15, 0.2) is 17.1 Å². The summed E-state index contributed by atoms with van der Waals surface area (Å²) in [6.07, 6.45) is 1.41. The van der Waals surface area contributed by atoms with Crippen molar-refractivity contribution in [1.82, 2.24) is 10.3 Å². The second-order valence-corrected chi connectivity index (χ2v) is 4.63. The van der Waals surface area contributed by atoms with Crippen molar-refractivity contribution >= 4 is 17.5 Å². The Morgan fingerprint density at radius 3 is 2.69 bits per heavy atom. The first kappa shape index (κ1) is 12.8. The fourth-order valence-electron chi connectivity index (χ4n) is 1.16. The van der Waals surface area contributed by atoms with Crippen molar-refractivity contribution in [1.29, 1.82) is 0 Å². The zero-order valence-corrected chi connectivity index (χ0v) is 10.3. The van der Waals surface area contributed by atoms with Crippen LogP contribution >= 0.6 is 11.6 Å².